The molecular formula is C21H28N2O. The summed E-state index contributed by atoms with van der Waals surface area (Å²) in [4.78, 5) is 19.5. The van der Waals surface area contributed by atoms with Crippen molar-refractivity contribution in [2.75, 3.05) is 19.6 Å². The maximum Gasteiger partial charge on any atom is 0.137 e. The Hall–Kier alpha value is -1.48. The molecule has 0 atom stereocenters. The number of likely N-dealkylation sites (tertiary alicyclic amines) is 1. The molecule has 0 N–H and O–H groups in total. The highest BCUT2D eigenvalue weighted by molar-refractivity contribution is 5.85. The number of rotatable bonds is 4. The smallest absolute Gasteiger partial charge is 0.137 e. The molecule has 0 bridgehead atoms. The van der Waals surface area contributed by atoms with Gasteiger partial charge in [0.15, 0.2) is 0 Å². The molecule has 1 saturated heterocycles. The van der Waals surface area contributed by atoms with Crippen molar-refractivity contribution in [1.82, 2.24) is 4.90 Å². The van der Waals surface area contributed by atoms with Crippen molar-refractivity contribution < 1.29 is 4.79 Å². The summed E-state index contributed by atoms with van der Waals surface area (Å²) in [5.41, 5.74) is 2.71. The lowest BCUT2D eigenvalue weighted by Crippen LogP contribution is -2.43. The first-order chi connectivity index (χ1) is 11.8. The first-order valence-electron chi connectivity index (χ1n) is 9.67. The fraction of sp³-hybridized carbons (Fsp3) is 0.619. The number of hydrogen-bond donors (Lipinski definition) is 0. The summed E-state index contributed by atoms with van der Waals surface area (Å²) in [6.45, 7) is 3.11. The fourth-order valence-corrected chi connectivity index (χ4v) is 4.74. The molecule has 0 unspecified atom stereocenters. The van der Waals surface area contributed by atoms with Crippen LogP contribution >= 0.6 is 0 Å². The van der Waals surface area contributed by atoms with Gasteiger partial charge in [-0.2, -0.15) is 0 Å². The molecule has 3 heteroatoms. The van der Waals surface area contributed by atoms with Crippen molar-refractivity contribution in [1.29, 1.82) is 0 Å². The van der Waals surface area contributed by atoms with Gasteiger partial charge in [-0.15, -0.1) is 0 Å². The Kier molecular flexibility index (Phi) is 4.53. The number of benzene rings is 1. The molecule has 24 heavy (non-hydrogen) atoms. The van der Waals surface area contributed by atoms with Crippen LogP contribution in [0.15, 0.2) is 29.3 Å². The number of carbonyl (C=O) groups is 1. The molecule has 1 aromatic carbocycles. The zero-order valence-corrected chi connectivity index (χ0v) is 14.5. The second-order valence-corrected chi connectivity index (χ2v) is 7.82. The van der Waals surface area contributed by atoms with Gasteiger partial charge < -0.3 is 4.90 Å². The van der Waals surface area contributed by atoms with E-state index in [2.05, 4.69) is 40.4 Å². The van der Waals surface area contributed by atoms with Crippen molar-refractivity contribution in [2.24, 2.45) is 10.9 Å². The Balaban J connectivity index is 1.29. The average Bonchev–Trinajstić information content (AvgIpc) is 3.00. The van der Waals surface area contributed by atoms with E-state index < -0.39 is 0 Å². The summed E-state index contributed by atoms with van der Waals surface area (Å²) in [6, 6.07) is 8.56. The zero-order chi connectivity index (χ0) is 16.4. The van der Waals surface area contributed by atoms with Crippen LogP contribution in [0.5, 0.6) is 0 Å². The third-order valence-corrected chi connectivity index (χ3v) is 6.37. The molecule has 0 aromatic heterocycles. The number of fused-ring (bicyclic) bond motifs is 2. The summed E-state index contributed by atoms with van der Waals surface area (Å²) in [5.74, 6) is 0.881. The standard InChI is InChI=1S/C21H28N2O/c24-20(17-6-2-1-3-7-17)10-13-23-14-11-21(12-15-23)16-22-19-9-5-4-8-18(19)21/h4-5,8-9,16-17H,1-3,6-7,10-15H2. The van der Waals surface area contributed by atoms with Gasteiger partial charge in [0.2, 0.25) is 0 Å². The van der Waals surface area contributed by atoms with E-state index >= 15 is 0 Å². The highest BCUT2D eigenvalue weighted by atomic mass is 16.1. The minimum atomic E-state index is 0.153. The van der Waals surface area contributed by atoms with Crippen LogP contribution in [0, 0.1) is 5.92 Å². The van der Waals surface area contributed by atoms with Gasteiger partial charge in [-0.05, 0) is 50.4 Å². The number of hydrogen-bond acceptors (Lipinski definition) is 3. The Labute approximate surface area is 145 Å². The van der Waals surface area contributed by atoms with Crippen LogP contribution < -0.4 is 0 Å². The molecule has 2 aliphatic heterocycles. The van der Waals surface area contributed by atoms with Crippen LogP contribution in [0.2, 0.25) is 0 Å². The van der Waals surface area contributed by atoms with Crippen LogP contribution in [0.1, 0.15) is 56.9 Å². The molecule has 128 valence electrons. The molecule has 1 spiro atoms. The Morgan fingerprint density at radius 3 is 2.67 bits per heavy atom. The highest BCUT2D eigenvalue weighted by Crippen LogP contribution is 2.43. The van der Waals surface area contributed by atoms with E-state index in [1.54, 1.807) is 0 Å². The second-order valence-electron chi connectivity index (χ2n) is 7.82. The van der Waals surface area contributed by atoms with E-state index in [-0.39, 0.29) is 5.41 Å². The molecule has 1 aliphatic carbocycles. The Morgan fingerprint density at radius 1 is 1.12 bits per heavy atom. The number of para-hydroxylation sites is 1. The van der Waals surface area contributed by atoms with Gasteiger partial charge in [0, 0.05) is 30.5 Å². The molecule has 2 heterocycles. The average molecular weight is 324 g/mol. The number of nitrogens with zero attached hydrogens (tertiary/aromatic N) is 2. The van der Waals surface area contributed by atoms with Crippen LogP contribution in [0.25, 0.3) is 0 Å². The van der Waals surface area contributed by atoms with Gasteiger partial charge in [0.1, 0.15) is 5.78 Å². The quantitative estimate of drug-likeness (QED) is 0.828. The van der Waals surface area contributed by atoms with Gasteiger partial charge >= 0.3 is 0 Å². The lowest BCUT2D eigenvalue weighted by molar-refractivity contribution is -0.124. The maximum absolute atomic E-state index is 12.4. The van der Waals surface area contributed by atoms with Crippen molar-refractivity contribution in [3.8, 4) is 0 Å². The fourth-order valence-electron chi connectivity index (χ4n) is 4.74. The number of piperidine rings is 1. The highest BCUT2D eigenvalue weighted by Gasteiger charge is 2.39. The molecule has 0 radical (unpaired) electrons. The van der Waals surface area contributed by atoms with E-state index in [0.29, 0.717) is 11.7 Å². The largest absolute Gasteiger partial charge is 0.303 e. The third-order valence-electron chi connectivity index (χ3n) is 6.37. The van der Waals surface area contributed by atoms with Gasteiger partial charge in [-0.3, -0.25) is 9.79 Å². The Morgan fingerprint density at radius 2 is 1.88 bits per heavy atom. The summed E-state index contributed by atoms with van der Waals surface area (Å²) >= 11 is 0. The minimum absolute atomic E-state index is 0.153. The molecule has 0 amide bonds. The number of carbonyl (C=O) groups excluding carboxylic acids is 1. The summed E-state index contributed by atoms with van der Waals surface area (Å²) < 4.78 is 0. The second kappa shape index (κ2) is 6.79. The monoisotopic (exact) mass is 324 g/mol. The van der Waals surface area contributed by atoms with Gasteiger partial charge in [0.25, 0.3) is 0 Å². The molecule has 1 saturated carbocycles. The molecule has 4 rings (SSSR count). The van der Waals surface area contributed by atoms with Gasteiger partial charge in [-0.1, -0.05) is 37.5 Å². The maximum atomic E-state index is 12.4. The molecule has 2 fully saturated rings. The first-order valence-corrected chi connectivity index (χ1v) is 9.67. The van der Waals surface area contributed by atoms with Crippen LogP contribution in [0.3, 0.4) is 0 Å². The Bertz CT molecular complexity index is 622. The summed E-state index contributed by atoms with van der Waals surface area (Å²) in [5, 5.41) is 0. The van der Waals surface area contributed by atoms with Gasteiger partial charge in [0.05, 0.1) is 5.69 Å². The van der Waals surface area contributed by atoms with Crippen molar-refractivity contribution >= 4 is 17.7 Å². The summed E-state index contributed by atoms with van der Waals surface area (Å²) in [7, 11) is 0. The molecular weight excluding hydrogens is 296 g/mol. The molecule has 1 aromatic rings. The van der Waals surface area contributed by atoms with E-state index in [0.717, 1.165) is 57.4 Å². The van der Waals surface area contributed by atoms with Crippen LogP contribution in [-0.4, -0.2) is 36.5 Å². The number of ketones is 1. The van der Waals surface area contributed by atoms with Crippen molar-refractivity contribution in [3.63, 3.8) is 0 Å². The van der Waals surface area contributed by atoms with Crippen molar-refractivity contribution in [2.45, 2.75) is 56.8 Å². The topological polar surface area (TPSA) is 32.7 Å². The third kappa shape index (κ3) is 3.06. The zero-order valence-electron chi connectivity index (χ0n) is 14.5. The van der Waals surface area contributed by atoms with Crippen LogP contribution in [0.4, 0.5) is 5.69 Å². The predicted molar refractivity (Wildman–Crippen MR) is 98.1 cm³/mol. The van der Waals surface area contributed by atoms with E-state index in [1.807, 2.05) is 0 Å². The minimum Gasteiger partial charge on any atom is -0.303 e. The molecule has 3 aliphatic rings. The van der Waals surface area contributed by atoms with E-state index in [1.165, 1.54) is 24.8 Å². The number of Topliss-reactive ketones (excluding diaryl/α,β-unsaturated/α-hetero) is 1. The van der Waals surface area contributed by atoms with Crippen LogP contribution in [-0.2, 0) is 10.2 Å². The van der Waals surface area contributed by atoms with Gasteiger partial charge in [-0.25, -0.2) is 0 Å². The number of aliphatic imine (C=N–C) groups is 1. The molecule has 3 nitrogen and oxygen atoms in total. The predicted octanol–water partition coefficient (Wildman–Crippen LogP) is 4.28. The SMILES string of the molecule is O=C(CCN1CCC2(C=Nc3ccccc32)CC1)C1CCCCC1. The van der Waals surface area contributed by atoms with Crippen molar-refractivity contribution in [3.05, 3.63) is 29.8 Å². The lowest BCUT2D eigenvalue weighted by Gasteiger charge is -2.38. The summed E-state index contributed by atoms with van der Waals surface area (Å²) in [6.07, 6.45) is 11.3. The lowest BCUT2D eigenvalue weighted by atomic mass is 9.74. The van der Waals surface area contributed by atoms with E-state index in [4.69, 9.17) is 0 Å². The first kappa shape index (κ1) is 16.0. The van der Waals surface area contributed by atoms with E-state index in [9.17, 15) is 4.79 Å². The normalized spacial score (nSPS) is 23.5.